The molecule has 1 heterocycles. The van der Waals surface area contributed by atoms with Crippen molar-refractivity contribution in [3.05, 3.63) is 36.1 Å². The molecule has 2 atom stereocenters. The molecule has 114 valence electrons. The highest BCUT2D eigenvalue weighted by Crippen LogP contribution is 2.35. The van der Waals surface area contributed by atoms with Gasteiger partial charge in [-0.25, -0.2) is 0 Å². The molecule has 2 unspecified atom stereocenters. The smallest absolute Gasteiger partial charge is 0.134 e. The monoisotopic (exact) mass is 287 g/mol. The lowest BCUT2D eigenvalue weighted by atomic mass is 9.82. The lowest BCUT2D eigenvalue weighted by Crippen LogP contribution is -2.37. The van der Waals surface area contributed by atoms with Gasteiger partial charge in [0.15, 0.2) is 0 Å². The summed E-state index contributed by atoms with van der Waals surface area (Å²) in [7, 11) is 3.82. The Morgan fingerprint density at radius 1 is 1.19 bits per heavy atom. The number of hydrogen-bond donors (Lipinski definition) is 1. The first-order chi connectivity index (χ1) is 10.3. The minimum Gasteiger partial charge on any atom is -0.459 e. The average molecular weight is 287 g/mol. The second-order valence-corrected chi connectivity index (χ2v) is 6.05. The highest BCUT2D eigenvalue weighted by atomic mass is 16.5. The van der Waals surface area contributed by atoms with Crippen molar-refractivity contribution in [3.63, 3.8) is 0 Å². The standard InChI is InChI=1S/C18H25NO2/c1-19-17(18(20-2)13-8-4-3-5-9-13)16-12-14-10-6-7-11-15(14)21-16/h6-7,10-13,17-19H,3-5,8-9H2,1-2H3. The molecular weight excluding hydrogens is 262 g/mol. The number of rotatable bonds is 5. The van der Waals surface area contributed by atoms with Gasteiger partial charge in [-0.15, -0.1) is 0 Å². The first-order valence-electron chi connectivity index (χ1n) is 8.02. The van der Waals surface area contributed by atoms with Gasteiger partial charge in [0.25, 0.3) is 0 Å². The number of para-hydroxylation sites is 1. The number of ether oxygens (including phenoxy) is 1. The molecule has 1 saturated carbocycles. The molecule has 0 aliphatic heterocycles. The van der Waals surface area contributed by atoms with E-state index in [0.29, 0.717) is 5.92 Å². The molecular formula is C18H25NO2. The lowest BCUT2D eigenvalue weighted by molar-refractivity contribution is 0.00459. The molecule has 3 heteroatoms. The summed E-state index contributed by atoms with van der Waals surface area (Å²) in [6.45, 7) is 0. The lowest BCUT2D eigenvalue weighted by Gasteiger charge is -2.33. The first kappa shape index (κ1) is 14.6. The first-order valence-corrected chi connectivity index (χ1v) is 8.02. The van der Waals surface area contributed by atoms with Crippen LogP contribution in [0.5, 0.6) is 0 Å². The van der Waals surface area contributed by atoms with E-state index in [9.17, 15) is 0 Å². The number of methoxy groups -OCH3 is 1. The summed E-state index contributed by atoms with van der Waals surface area (Å²) in [6, 6.07) is 10.4. The summed E-state index contributed by atoms with van der Waals surface area (Å²) in [5, 5.41) is 4.57. The zero-order chi connectivity index (χ0) is 14.7. The van der Waals surface area contributed by atoms with Crippen molar-refractivity contribution >= 4 is 11.0 Å². The number of hydrogen-bond acceptors (Lipinski definition) is 3. The maximum Gasteiger partial charge on any atom is 0.134 e. The quantitative estimate of drug-likeness (QED) is 0.891. The molecule has 1 aliphatic carbocycles. The van der Waals surface area contributed by atoms with Crippen LogP contribution in [0.15, 0.2) is 34.7 Å². The molecule has 0 saturated heterocycles. The van der Waals surface area contributed by atoms with Crippen molar-refractivity contribution in [2.45, 2.75) is 44.2 Å². The highest BCUT2D eigenvalue weighted by Gasteiger charge is 2.32. The van der Waals surface area contributed by atoms with Crippen LogP contribution in [0.25, 0.3) is 11.0 Å². The van der Waals surface area contributed by atoms with E-state index in [1.54, 1.807) is 0 Å². The minimum absolute atomic E-state index is 0.116. The van der Waals surface area contributed by atoms with Gasteiger partial charge in [-0.05, 0) is 37.9 Å². The number of likely N-dealkylation sites (N-methyl/N-ethyl adjacent to an activating group) is 1. The summed E-state index contributed by atoms with van der Waals surface area (Å²) in [6.07, 6.45) is 6.70. The Morgan fingerprint density at radius 2 is 1.95 bits per heavy atom. The van der Waals surface area contributed by atoms with Crippen molar-refractivity contribution in [3.8, 4) is 0 Å². The Morgan fingerprint density at radius 3 is 2.62 bits per heavy atom. The molecule has 0 radical (unpaired) electrons. The van der Waals surface area contributed by atoms with Crippen LogP contribution >= 0.6 is 0 Å². The molecule has 0 amide bonds. The van der Waals surface area contributed by atoms with Crippen LogP contribution in [0.2, 0.25) is 0 Å². The van der Waals surface area contributed by atoms with Gasteiger partial charge in [-0.1, -0.05) is 37.5 Å². The van der Waals surface area contributed by atoms with E-state index in [1.807, 2.05) is 32.4 Å². The molecule has 1 N–H and O–H groups in total. The average Bonchev–Trinajstić information content (AvgIpc) is 2.96. The second-order valence-electron chi connectivity index (χ2n) is 6.05. The third-order valence-corrected chi connectivity index (χ3v) is 4.78. The van der Waals surface area contributed by atoms with Crippen molar-refractivity contribution in [2.24, 2.45) is 5.92 Å². The predicted octanol–water partition coefficient (Wildman–Crippen LogP) is 4.29. The van der Waals surface area contributed by atoms with Crippen molar-refractivity contribution in [2.75, 3.05) is 14.2 Å². The SMILES string of the molecule is CNC(c1cc2ccccc2o1)C(OC)C1CCCCC1. The molecule has 21 heavy (non-hydrogen) atoms. The van der Waals surface area contributed by atoms with Gasteiger partial charge in [0, 0.05) is 12.5 Å². The Balaban J connectivity index is 1.87. The maximum absolute atomic E-state index is 6.05. The van der Waals surface area contributed by atoms with Crippen LogP contribution in [0.4, 0.5) is 0 Å². The third-order valence-electron chi connectivity index (χ3n) is 4.78. The molecule has 1 fully saturated rings. The summed E-state index contributed by atoms with van der Waals surface area (Å²) in [5.74, 6) is 1.60. The van der Waals surface area contributed by atoms with Gasteiger partial charge >= 0.3 is 0 Å². The second kappa shape index (κ2) is 6.63. The Bertz CT molecular complexity index is 538. The number of benzene rings is 1. The summed E-state index contributed by atoms with van der Waals surface area (Å²) >= 11 is 0. The fourth-order valence-corrected chi connectivity index (χ4v) is 3.69. The van der Waals surface area contributed by atoms with E-state index in [-0.39, 0.29) is 12.1 Å². The summed E-state index contributed by atoms with van der Waals surface area (Å²) in [5.41, 5.74) is 0.950. The van der Waals surface area contributed by atoms with Crippen LogP contribution in [0.3, 0.4) is 0 Å². The van der Waals surface area contributed by atoms with Crippen LogP contribution in [-0.4, -0.2) is 20.3 Å². The van der Waals surface area contributed by atoms with E-state index in [0.717, 1.165) is 16.7 Å². The van der Waals surface area contributed by atoms with Crippen LogP contribution in [0, 0.1) is 5.92 Å². The Hall–Kier alpha value is -1.32. The van der Waals surface area contributed by atoms with E-state index in [2.05, 4.69) is 17.4 Å². The Kier molecular flexibility index (Phi) is 4.61. The van der Waals surface area contributed by atoms with Gasteiger partial charge in [-0.3, -0.25) is 0 Å². The Labute approximate surface area is 126 Å². The topological polar surface area (TPSA) is 34.4 Å². The number of fused-ring (bicyclic) bond motifs is 1. The molecule has 1 aromatic carbocycles. The zero-order valence-electron chi connectivity index (χ0n) is 13.0. The molecule has 1 aliphatic rings. The highest BCUT2D eigenvalue weighted by molar-refractivity contribution is 5.77. The molecule has 3 nitrogen and oxygen atoms in total. The number of furan rings is 1. The normalized spacial score (nSPS) is 19.7. The zero-order valence-corrected chi connectivity index (χ0v) is 13.0. The van der Waals surface area contributed by atoms with E-state index < -0.39 is 0 Å². The fourth-order valence-electron chi connectivity index (χ4n) is 3.69. The van der Waals surface area contributed by atoms with Gasteiger partial charge in [-0.2, -0.15) is 0 Å². The molecule has 1 aromatic heterocycles. The summed E-state index contributed by atoms with van der Waals surface area (Å²) in [4.78, 5) is 0. The van der Waals surface area contributed by atoms with Gasteiger partial charge in [0.05, 0.1) is 12.1 Å². The van der Waals surface area contributed by atoms with Crippen molar-refractivity contribution in [1.82, 2.24) is 5.32 Å². The van der Waals surface area contributed by atoms with Crippen molar-refractivity contribution in [1.29, 1.82) is 0 Å². The van der Waals surface area contributed by atoms with E-state index in [4.69, 9.17) is 9.15 Å². The van der Waals surface area contributed by atoms with Crippen LogP contribution < -0.4 is 5.32 Å². The molecule has 2 aromatic rings. The largest absolute Gasteiger partial charge is 0.459 e. The van der Waals surface area contributed by atoms with E-state index >= 15 is 0 Å². The van der Waals surface area contributed by atoms with Gasteiger partial charge < -0.3 is 14.5 Å². The molecule has 0 spiro atoms. The predicted molar refractivity (Wildman–Crippen MR) is 85.4 cm³/mol. The van der Waals surface area contributed by atoms with Gasteiger partial charge in [0.1, 0.15) is 11.3 Å². The minimum atomic E-state index is 0.116. The van der Waals surface area contributed by atoms with Crippen LogP contribution in [-0.2, 0) is 4.74 Å². The van der Waals surface area contributed by atoms with Crippen LogP contribution in [0.1, 0.15) is 43.9 Å². The van der Waals surface area contributed by atoms with Crippen molar-refractivity contribution < 1.29 is 9.15 Å². The molecule has 0 bridgehead atoms. The maximum atomic E-state index is 6.05. The third kappa shape index (κ3) is 2.99. The van der Waals surface area contributed by atoms with E-state index in [1.165, 1.54) is 32.1 Å². The number of nitrogens with one attached hydrogen (secondary N) is 1. The molecule has 3 rings (SSSR count). The van der Waals surface area contributed by atoms with Gasteiger partial charge in [0.2, 0.25) is 0 Å². The fraction of sp³-hybridized carbons (Fsp3) is 0.556. The summed E-state index contributed by atoms with van der Waals surface area (Å²) < 4.78 is 11.9.